The second-order valence-corrected chi connectivity index (χ2v) is 7.49. The number of nitrogens with zero attached hydrogens (tertiary/aromatic N) is 2. The van der Waals surface area contributed by atoms with Crippen molar-refractivity contribution >= 4 is 50.7 Å². The van der Waals surface area contributed by atoms with E-state index < -0.39 is 0 Å². The predicted molar refractivity (Wildman–Crippen MR) is 82.2 cm³/mol. The number of halogens is 2. The van der Waals surface area contributed by atoms with E-state index in [4.69, 9.17) is 0 Å². The zero-order valence-corrected chi connectivity index (χ0v) is 13.1. The molecule has 20 heavy (non-hydrogen) atoms. The molecule has 0 amide bonds. The van der Waals surface area contributed by atoms with Gasteiger partial charge in [0, 0.05) is 5.69 Å². The van der Waals surface area contributed by atoms with Crippen LogP contribution >= 0.6 is 39.0 Å². The number of H-pyrrole nitrogens is 1. The molecule has 0 spiro atoms. The topological polar surface area (TPSA) is 53.6 Å². The molecule has 3 rings (SSSR count). The summed E-state index contributed by atoms with van der Waals surface area (Å²) in [4.78, 5) is 4.32. The average Bonchev–Trinajstić information content (AvgIpc) is 3.02. The summed E-state index contributed by atoms with van der Waals surface area (Å²) in [7, 11) is 0. The van der Waals surface area contributed by atoms with Gasteiger partial charge in [0.05, 0.1) is 8.00 Å². The second kappa shape index (κ2) is 5.94. The quantitative estimate of drug-likeness (QED) is 0.700. The number of rotatable bonds is 4. The summed E-state index contributed by atoms with van der Waals surface area (Å²) in [5, 5.41) is 10.6. The van der Waals surface area contributed by atoms with Gasteiger partial charge in [-0.1, -0.05) is 0 Å². The molecule has 0 atom stereocenters. The molecule has 0 aliphatic heterocycles. The van der Waals surface area contributed by atoms with Gasteiger partial charge in [-0.15, -0.1) is 16.4 Å². The Bertz CT molecular complexity index is 710. The third-order valence-corrected chi connectivity index (χ3v) is 4.93. The van der Waals surface area contributed by atoms with Gasteiger partial charge in [0.25, 0.3) is 0 Å². The molecule has 1 aromatic carbocycles. The summed E-state index contributed by atoms with van der Waals surface area (Å²) in [6.45, 7) is 0. The molecule has 3 aromatic rings. The Labute approximate surface area is 131 Å². The van der Waals surface area contributed by atoms with Gasteiger partial charge in [0.2, 0.25) is 11.1 Å². The number of aromatic nitrogens is 3. The molecule has 0 unspecified atom stereocenters. The fourth-order valence-corrected chi connectivity index (χ4v) is 4.11. The van der Waals surface area contributed by atoms with E-state index in [0.29, 0.717) is 11.1 Å². The SMILES string of the molecule is Fc1ccc(Nc2nc(Sc3ccc(Br)s3)n[nH]2)cc1. The van der Waals surface area contributed by atoms with Gasteiger partial charge in [-0.05, 0) is 64.1 Å². The second-order valence-electron chi connectivity index (χ2n) is 3.76. The Morgan fingerprint density at radius 2 is 2.00 bits per heavy atom. The van der Waals surface area contributed by atoms with Crippen LogP contribution in [0.25, 0.3) is 0 Å². The molecule has 0 saturated heterocycles. The monoisotopic (exact) mass is 370 g/mol. The zero-order chi connectivity index (χ0) is 13.9. The largest absolute Gasteiger partial charge is 0.325 e. The standard InChI is InChI=1S/C12H8BrFN4S2/c13-9-5-6-10(19-9)20-12-16-11(17-18-12)15-8-3-1-7(14)2-4-8/h1-6H,(H2,15,16,17,18). The number of nitrogens with one attached hydrogen (secondary N) is 2. The number of anilines is 2. The van der Waals surface area contributed by atoms with Crippen LogP contribution < -0.4 is 5.32 Å². The Morgan fingerprint density at radius 1 is 1.20 bits per heavy atom. The first-order valence-corrected chi connectivity index (χ1v) is 8.00. The molecule has 4 nitrogen and oxygen atoms in total. The van der Waals surface area contributed by atoms with Crippen LogP contribution in [-0.2, 0) is 0 Å². The smallest absolute Gasteiger partial charge is 0.223 e. The summed E-state index contributed by atoms with van der Waals surface area (Å²) in [5.74, 6) is 0.252. The number of aromatic amines is 1. The first-order chi connectivity index (χ1) is 9.69. The van der Waals surface area contributed by atoms with E-state index in [0.717, 1.165) is 13.7 Å². The highest BCUT2D eigenvalue weighted by Crippen LogP contribution is 2.34. The van der Waals surface area contributed by atoms with Gasteiger partial charge in [-0.2, -0.15) is 4.98 Å². The van der Waals surface area contributed by atoms with Crippen molar-refractivity contribution in [1.29, 1.82) is 0 Å². The normalized spacial score (nSPS) is 10.7. The van der Waals surface area contributed by atoms with E-state index in [-0.39, 0.29) is 5.82 Å². The highest BCUT2D eigenvalue weighted by atomic mass is 79.9. The van der Waals surface area contributed by atoms with E-state index in [1.165, 1.54) is 23.9 Å². The van der Waals surface area contributed by atoms with E-state index in [1.54, 1.807) is 23.5 Å². The third-order valence-electron chi connectivity index (χ3n) is 2.31. The minimum atomic E-state index is -0.271. The third kappa shape index (κ3) is 3.38. The molecule has 2 heterocycles. The maximum absolute atomic E-state index is 12.8. The lowest BCUT2D eigenvalue weighted by Crippen LogP contribution is -1.92. The molecule has 2 N–H and O–H groups in total. The first kappa shape index (κ1) is 13.6. The Balaban J connectivity index is 1.68. The van der Waals surface area contributed by atoms with Crippen molar-refractivity contribution in [2.24, 2.45) is 0 Å². The molecular formula is C12H8BrFN4S2. The summed E-state index contributed by atoms with van der Waals surface area (Å²) < 4.78 is 15.0. The summed E-state index contributed by atoms with van der Waals surface area (Å²) in [5.41, 5.74) is 0.748. The maximum Gasteiger partial charge on any atom is 0.223 e. The summed E-state index contributed by atoms with van der Waals surface area (Å²) >= 11 is 6.51. The van der Waals surface area contributed by atoms with Crippen molar-refractivity contribution in [3.8, 4) is 0 Å². The molecule has 0 aliphatic rings. The molecule has 0 radical (unpaired) electrons. The minimum Gasteiger partial charge on any atom is -0.325 e. The Kier molecular flexibility index (Phi) is 4.04. The maximum atomic E-state index is 12.8. The lowest BCUT2D eigenvalue weighted by Gasteiger charge is -2.00. The average molecular weight is 371 g/mol. The number of thiophene rings is 1. The van der Waals surface area contributed by atoms with E-state index in [9.17, 15) is 4.39 Å². The van der Waals surface area contributed by atoms with E-state index in [2.05, 4.69) is 36.4 Å². The Hall–Kier alpha value is -1.38. The minimum absolute atomic E-state index is 0.271. The molecule has 102 valence electrons. The van der Waals surface area contributed by atoms with Gasteiger partial charge in [-0.25, -0.2) is 9.49 Å². The fourth-order valence-electron chi connectivity index (χ4n) is 1.46. The lowest BCUT2D eigenvalue weighted by atomic mass is 10.3. The molecule has 0 fully saturated rings. The lowest BCUT2D eigenvalue weighted by molar-refractivity contribution is 0.628. The van der Waals surface area contributed by atoms with Gasteiger partial charge in [0.15, 0.2) is 0 Å². The fraction of sp³-hybridized carbons (Fsp3) is 0. The van der Waals surface area contributed by atoms with Crippen molar-refractivity contribution in [1.82, 2.24) is 15.2 Å². The van der Waals surface area contributed by atoms with Crippen molar-refractivity contribution in [3.63, 3.8) is 0 Å². The van der Waals surface area contributed by atoms with E-state index >= 15 is 0 Å². The van der Waals surface area contributed by atoms with Crippen molar-refractivity contribution in [2.45, 2.75) is 9.37 Å². The van der Waals surface area contributed by atoms with Gasteiger partial charge >= 0.3 is 0 Å². The summed E-state index contributed by atoms with van der Waals surface area (Å²) in [6, 6.07) is 10.0. The van der Waals surface area contributed by atoms with Crippen LogP contribution in [0, 0.1) is 5.82 Å². The molecular weight excluding hydrogens is 363 g/mol. The zero-order valence-electron chi connectivity index (χ0n) is 9.93. The molecule has 0 aliphatic carbocycles. The molecule has 8 heteroatoms. The van der Waals surface area contributed by atoms with Gasteiger partial charge < -0.3 is 5.32 Å². The van der Waals surface area contributed by atoms with Crippen LogP contribution in [0.15, 0.2) is 49.6 Å². The van der Waals surface area contributed by atoms with Crippen LogP contribution in [0.3, 0.4) is 0 Å². The number of hydrogen-bond donors (Lipinski definition) is 2. The first-order valence-electron chi connectivity index (χ1n) is 5.57. The highest BCUT2D eigenvalue weighted by molar-refractivity contribution is 9.11. The van der Waals surface area contributed by atoms with Crippen LogP contribution in [0.1, 0.15) is 0 Å². The van der Waals surface area contributed by atoms with Crippen LogP contribution in [-0.4, -0.2) is 15.2 Å². The molecule has 0 bridgehead atoms. The van der Waals surface area contributed by atoms with Crippen LogP contribution in [0.2, 0.25) is 0 Å². The Morgan fingerprint density at radius 3 is 2.70 bits per heavy atom. The van der Waals surface area contributed by atoms with Crippen molar-refractivity contribution in [2.75, 3.05) is 5.32 Å². The molecule has 0 saturated carbocycles. The molecule has 2 aromatic heterocycles. The predicted octanol–water partition coefficient (Wildman–Crippen LogP) is 4.66. The van der Waals surface area contributed by atoms with Crippen molar-refractivity contribution < 1.29 is 4.39 Å². The van der Waals surface area contributed by atoms with Crippen LogP contribution in [0.4, 0.5) is 16.0 Å². The van der Waals surface area contributed by atoms with Gasteiger partial charge in [0.1, 0.15) is 5.82 Å². The van der Waals surface area contributed by atoms with Crippen molar-refractivity contribution in [3.05, 3.63) is 46.0 Å². The number of hydrogen-bond acceptors (Lipinski definition) is 5. The van der Waals surface area contributed by atoms with Gasteiger partial charge in [-0.3, -0.25) is 0 Å². The summed E-state index contributed by atoms with van der Waals surface area (Å²) in [6.07, 6.45) is 0. The van der Waals surface area contributed by atoms with E-state index in [1.807, 2.05) is 12.1 Å². The highest BCUT2D eigenvalue weighted by Gasteiger charge is 2.07. The number of benzene rings is 1. The van der Waals surface area contributed by atoms with Crippen LogP contribution in [0.5, 0.6) is 0 Å².